The Bertz CT molecular complexity index is 714. The van der Waals surface area contributed by atoms with Crippen molar-refractivity contribution in [1.82, 2.24) is 15.1 Å². The van der Waals surface area contributed by atoms with E-state index in [2.05, 4.69) is 10.4 Å². The molecule has 0 bridgehead atoms. The molecule has 1 aromatic carbocycles. The number of nitrogens with one attached hydrogen (secondary N) is 1. The third-order valence-corrected chi connectivity index (χ3v) is 4.08. The van der Waals surface area contributed by atoms with E-state index in [1.165, 1.54) is 0 Å². The summed E-state index contributed by atoms with van der Waals surface area (Å²) in [5.74, 6) is 0.205. The fourth-order valence-corrected chi connectivity index (χ4v) is 2.73. The van der Waals surface area contributed by atoms with Gasteiger partial charge < -0.3 is 10.1 Å². The van der Waals surface area contributed by atoms with Crippen LogP contribution in [0.25, 0.3) is 0 Å². The zero-order chi connectivity index (χ0) is 17.0. The van der Waals surface area contributed by atoms with Crippen LogP contribution in [0.2, 0.25) is 10.0 Å². The molecule has 0 saturated heterocycles. The van der Waals surface area contributed by atoms with Gasteiger partial charge in [-0.25, -0.2) is 0 Å². The van der Waals surface area contributed by atoms with Gasteiger partial charge in [0, 0.05) is 29.4 Å². The Balaban J connectivity index is 1.89. The molecule has 0 radical (unpaired) electrons. The highest BCUT2D eigenvalue weighted by molar-refractivity contribution is 6.35. The van der Waals surface area contributed by atoms with Crippen LogP contribution in [-0.2, 0) is 17.9 Å². The molecule has 0 atom stereocenters. The minimum absolute atomic E-state index is 0.110. The molecule has 0 aliphatic rings. The standard InChI is InChI=1S/C16H19Cl2N3O2/c1-4-21-11(3)13(10(2)20-21)8-19-16(22)9-23-15-6-5-12(17)7-14(15)18/h5-7H,4,8-9H2,1-3H3,(H,19,22). The SMILES string of the molecule is CCn1nc(C)c(CNC(=O)COc2ccc(Cl)cc2Cl)c1C. The van der Waals surface area contributed by atoms with Crippen molar-refractivity contribution >= 4 is 29.1 Å². The number of ether oxygens (including phenoxy) is 1. The van der Waals surface area contributed by atoms with E-state index in [0.717, 1.165) is 23.5 Å². The lowest BCUT2D eigenvalue weighted by molar-refractivity contribution is -0.123. The number of carbonyl (C=O) groups excluding carboxylic acids is 1. The van der Waals surface area contributed by atoms with E-state index >= 15 is 0 Å². The first-order chi connectivity index (χ1) is 10.9. The number of aromatic nitrogens is 2. The van der Waals surface area contributed by atoms with Crippen LogP contribution in [0.5, 0.6) is 5.75 Å². The van der Waals surface area contributed by atoms with Gasteiger partial charge in [-0.15, -0.1) is 0 Å². The second kappa shape index (κ2) is 7.70. The summed E-state index contributed by atoms with van der Waals surface area (Å²) in [5, 5.41) is 8.15. The monoisotopic (exact) mass is 355 g/mol. The van der Waals surface area contributed by atoms with Crippen molar-refractivity contribution in [2.45, 2.75) is 33.9 Å². The molecule has 23 heavy (non-hydrogen) atoms. The lowest BCUT2D eigenvalue weighted by atomic mass is 10.2. The van der Waals surface area contributed by atoms with Gasteiger partial charge >= 0.3 is 0 Å². The molecule has 1 amide bonds. The lowest BCUT2D eigenvalue weighted by Crippen LogP contribution is -2.28. The van der Waals surface area contributed by atoms with E-state index in [4.69, 9.17) is 27.9 Å². The summed E-state index contributed by atoms with van der Waals surface area (Å²) in [5.41, 5.74) is 3.02. The molecule has 2 rings (SSSR count). The van der Waals surface area contributed by atoms with E-state index in [9.17, 15) is 4.79 Å². The van der Waals surface area contributed by atoms with E-state index in [1.807, 2.05) is 25.5 Å². The van der Waals surface area contributed by atoms with Crippen LogP contribution < -0.4 is 10.1 Å². The molecule has 0 fully saturated rings. The third-order valence-electron chi connectivity index (χ3n) is 3.55. The second-order valence-corrected chi connectivity index (χ2v) is 5.95. The first kappa shape index (κ1) is 17.6. The minimum atomic E-state index is -0.223. The summed E-state index contributed by atoms with van der Waals surface area (Å²) in [6.45, 7) is 7.08. The maximum absolute atomic E-state index is 11.9. The average molecular weight is 356 g/mol. The molecule has 2 aromatic rings. The van der Waals surface area contributed by atoms with Gasteiger partial charge in [0.1, 0.15) is 5.75 Å². The molecule has 5 nitrogen and oxygen atoms in total. The van der Waals surface area contributed by atoms with Gasteiger partial charge in [0.25, 0.3) is 5.91 Å². The van der Waals surface area contributed by atoms with Crippen LogP contribution in [0.3, 0.4) is 0 Å². The van der Waals surface area contributed by atoms with Crippen molar-refractivity contribution in [3.8, 4) is 5.75 Å². The number of amides is 1. The summed E-state index contributed by atoms with van der Waals surface area (Å²) in [4.78, 5) is 11.9. The summed E-state index contributed by atoms with van der Waals surface area (Å²) in [6, 6.07) is 4.87. The number of hydrogen-bond acceptors (Lipinski definition) is 3. The first-order valence-electron chi connectivity index (χ1n) is 7.29. The normalized spacial score (nSPS) is 10.7. The van der Waals surface area contributed by atoms with Gasteiger partial charge in [-0.05, 0) is 39.0 Å². The van der Waals surface area contributed by atoms with Gasteiger partial charge in [0.05, 0.1) is 10.7 Å². The van der Waals surface area contributed by atoms with Crippen molar-refractivity contribution in [1.29, 1.82) is 0 Å². The van der Waals surface area contributed by atoms with Crippen molar-refractivity contribution in [3.05, 3.63) is 45.2 Å². The average Bonchev–Trinajstić information content (AvgIpc) is 2.78. The van der Waals surface area contributed by atoms with Gasteiger partial charge in [-0.2, -0.15) is 5.10 Å². The highest BCUT2D eigenvalue weighted by Crippen LogP contribution is 2.27. The number of aryl methyl sites for hydroxylation is 2. The summed E-state index contributed by atoms with van der Waals surface area (Å²) in [7, 11) is 0. The second-order valence-electron chi connectivity index (χ2n) is 5.11. The Morgan fingerprint density at radius 1 is 1.35 bits per heavy atom. The number of benzene rings is 1. The summed E-state index contributed by atoms with van der Waals surface area (Å²) < 4.78 is 7.32. The Labute approximate surface area is 145 Å². The van der Waals surface area contributed by atoms with Crippen LogP contribution in [-0.4, -0.2) is 22.3 Å². The quantitative estimate of drug-likeness (QED) is 0.862. The van der Waals surface area contributed by atoms with E-state index in [1.54, 1.807) is 18.2 Å². The zero-order valence-corrected chi connectivity index (χ0v) is 14.8. The molecule has 0 unspecified atom stereocenters. The van der Waals surface area contributed by atoms with Crippen molar-refractivity contribution in [2.75, 3.05) is 6.61 Å². The Hall–Kier alpha value is -1.72. The van der Waals surface area contributed by atoms with Crippen molar-refractivity contribution in [3.63, 3.8) is 0 Å². The molecule has 7 heteroatoms. The van der Waals surface area contributed by atoms with E-state index in [0.29, 0.717) is 22.3 Å². The van der Waals surface area contributed by atoms with Gasteiger partial charge in [-0.3, -0.25) is 9.48 Å². The molecule has 1 N–H and O–H groups in total. The van der Waals surface area contributed by atoms with E-state index in [-0.39, 0.29) is 12.5 Å². The minimum Gasteiger partial charge on any atom is -0.482 e. The van der Waals surface area contributed by atoms with Gasteiger partial charge in [0.15, 0.2) is 6.61 Å². The van der Waals surface area contributed by atoms with Crippen molar-refractivity contribution in [2.24, 2.45) is 0 Å². The highest BCUT2D eigenvalue weighted by Gasteiger charge is 2.12. The Kier molecular flexibility index (Phi) is 5.91. The van der Waals surface area contributed by atoms with Crippen LogP contribution in [0.1, 0.15) is 23.9 Å². The Morgan fingerprint density at radius 3 is 2.70 bits per heavy atom. The predicted octanol–water partition coefficient (Wildman–Crippen LogP) is 3.52. The number of rotatable bonds is 6. The number of carbonyl (C=O) groups is 1. The highest BCUT2D eigenvalue weighted by atomic mass is 35.5. The molecule has 124 valence electrons. The summed E-state index contributed by atoms with van der Waals surface area (Å²) >= 11 is 11.8. The lowest BCUT2D eigenvalue weighted by Gasteiger charge is -2.09. The number of hydrogen-bond donors (Lipinski definition) is 1. The molecular weight excluding hydrogens is 337 g/mol. The molecule has 0 aliphatic carbocycles. The largest absolute Gasteiger partial charge is 0.482 e. The van der Waals surface area contributed by atoms with Crippen LogP contribution in [0.4, 0.5) is 0 Å². The fraction of sp³-hybridized carbons (Fsp3) is 0.375. The number of halogens is 2. The molecule has 0 aliphatic heterocycles. The molecule has 0 spiro atoms. The zero-order valence-electron chi connectivity index (χ0n) is 13.3. The van der Waals surface area contributed by atoms with Crippen LogP contribution >= 0.6 is 23.2 Å². The maximum Gasteiger partial charge on any atom is 0.258 e. The molecule has 1 heterocycles. The van der Waals surface area contributed by atoms with Gasteiger partial charge in [-0.1, -0.05) is 23.2 Å². The molecule has 0 saturated carbocycles. The first-order valence-corrected chi connectivity index (χ1v) is 8.05. The maximum atomic E-state index is 11.9. The smallest absolute Gasteiger partial charge is 0.258 e. The predicted molar refractivity (Wildman–Crippen MR) is 91.2 cm³/mol. The number of nitrogens with zero attached hydrogens (tertiary/aromatic N) is 2. The third kappa shape index (κ3) is 4.39. The van der Waals surface area contributed by atoms with Crippen LogP contribution in [0, 0.1) is 13.8 Å². The van der Waals surface area contributed by atoms with Crippen molar-refractivity contribution < 1.29 is 9.53 Å². The molecule has 1 aromatic heterocycles. The Morgan fingerprint density at radius 2 is 2.09 bits per heavy atom. The molecular formula is C16H19Cl2N3O2. The topological polar surface area (TPSA) is 56.2 Å². The summed E-state index contributed by atoms with van der Waals surface area (Å²) in [6.07, 6.45) is 0. The van der Waals surface area contributed by atoms with Gasteiger partial charge in [0.2, 0.25) is 0 Å². The fourth-order valence-electron chi connectivity index (χ4n) is 2.27. The van der Waals surface area contributed by atoms with Crippen LogP contribution in [0.15, 0.2) is 18.2 Å². The van der Waals surface area contributed by atoms with E-state index < -0.39 is 0 Å².